The van der Waals surface area contributed by atoms with E-state index < -0.39 is 0 Å². The number of aryl methyl sites for hydroxylation is 3. The Labute approximate surface area is 126 Å². The third-order valence-corrected chi connectivity index (χ3v) is 4.05. The quantitative estimate of drug-likeness (QED) is 0.781. The second-order valence-electron chi connectivity index (χ2n) is 5.08. The van der Waals surface area contributed by atoms with Crippen LogP contribution in [-0.2, 0) is 0 Å². The van der Waals surface area contributed by atoms with Crippen molar-refractivity contribution in [2.45, 2.75) is 20.8 Å². The molecule has 0 saturated carbocycles. The summed E-state index contributed by atoms with van der Waals surface area (Å²) < 4.78 is 0. The van der Waals surface area contributed by atoms with Gasteiger partial charge in [-0.25, -0.2) is 4.98 Å². The Morgan fingerprint density at radius 2 is 1.90 bits per heavy atom. The number of aromatic nitrogens is 2. The molecule has 0 bridgehead atoms. The monoisotopic (exact) mass is 297 g/mol. The second kappa shape index (κ2) is 5.26. The maximum Gasteiger partial charge on any atom is 0.258 e. The average Bonchev–Trinajstić information content (AvgIpc) is 2.83. The average molecular weight is 297 g/mol. The van der Waals surface area contributed by atoms with Crippen molar-refractivity contribution in [1.29, 1.82) is 0 Å². The van der Waals surface area contributed by atoms with E-state index in [1.54, 1.807) is 0 Å². The summed E-state index contributed by atoms with van der Waals surface area (Å²) in [7, 11) is 0. The zero-order valence-corrected chi connectivity index (χ0v) is 12.9. The van der Waals surface area contributed by atoms with Crippen molar-refractivity contribution in [3.63, 3.8) is 0 Å². The topological polar surface area (TPSA) is 54.9 Å². The SMILES string of the molecule is Cc1ccc2nc(C)cc(C(=O)Nc3nc(C)cs3)c2c1. The lowest BCUT2D eigenvalue weighted by atomic mass is 10.0. The molecule has 0 aliphatic rings. The summed E-state index contributed by atoms with van der Waals surface area (Å²) in [4.78, 5) is 21.3. The van der Waals surface area contributed by atoms with Gasteiger partial charge in [-0.05, 0) is 39.0 Å². The minimum absolute atomic E-state index is 0.148. The molecule has 0 atom stereocenters. The maximum atomic E-state index is 12.5. The van der Waals surface area contributed by atoms with Crippen LogP contribution in [-0.4, -0.2) is 15.9 Å². The molecule has 1 amide bonds. The van der Waals surface area contributed by atoms with Crippen LogP contribution in [0.15, 0.2) is 29.6 Å². The Hall–Kier alpha value is -2.27. The number of nitrogens with zero attached hydrogens (tertiary/aromatic N) is 2. The zero-order valence-electron chi connectivity index (χ0n) is 12.1. The molecule has 0 fully saturated rings. The van der Waals surface area contributed by atoms with Crippen LogP contribution in [0.5, 0.6) is 0 Å². The van der Waals surface area contributed by atoms with Gasteiger partial charge >= 0.3 is 0 Å². The third-order valence-electron chi connectivity index (χ3n) is 3.18. The molecule has 4 nitrogen and oxygen atoms in total. The van der Waals surface area contributed by atoms with E-state index in [2.05, 4.69) is 15.3 Å². The second-order valence-corrected chi connectivity index (χ2v) is 5.94. The van der Waals surface area contributed by atoms with Crippen LogP contribution in [0.2, 0.25) is 0 Å². The lowest BCUT2D eigenvalue weighted by molar-refractivity contribution is 0.102. The number of rotatable bonds is 2. The van der Waals surface area contributed by atoms with E-state index in [1.807, 2.05) is 50.4 Å². The van der Waals surface area contributed by atoms with Crippen LogP contribution in [0.1, 0.15) is 27.3 Å². The number of anilines is 1. The highest BCUT2D eigenvalue weighted by Crippen LogP contribution is 2.22. The summed E-state index contributed by atoms with van der Waals surface area (Å²) in [6, 6.07) is 7.75. The standard InChI is InChI=1S/C16H15N3OS/c1-9-4-5-14-12(6-9)13(7-10(2)17-14)15(20)19-16-18-11(3)8-21-16/h4-8H,1-3H3,(H,18,19,20). The van der Waals surface area contributed by atoms with E-state index in [9.17, 15) is 4.79 Å². The largest absolute Gasteiger partial charge is 0.298 e. The molecule has 0 aliphatic heterocycles. The van der Waals surface area contributed by atoms with Crippen molar-refractivity contribution in [3.8, 4) is 0 Å². The van der Waals surface area contributed by atoms with Crippen LogP contribution in [0.25, 0.3) is 10.9 Å². The highest BCUT2D eigenvalue weighted by Gasteiger charge is 2.13. The van der Waals surface area contributed by atoms with E-state index in [4.69, 9.17) is 0 Å². The molecule has 3 aromatic rings. The predicted octanol–water partition coefficient (Wildman–Crippen LogP) is 3.87. The molecule has 0 spiro atoms. The molecule has 106 valence electrons. The molecule has 3 rings (SSSR count). The van der Waals surface area contributed by atoms with Gasteiger partial charge in [-0.1, -0.05) is 11.6 Å². The Morgan fingerprint density at radius 3 is 2.62 bits per heavy atom. The summed E-state index contributed by atoms with van der Waals surface area (Å²) in [5.41, 5.74) is 4.30. The van der Waals surface area contributed by atoms with Crippen LogP contribution in [0.4, 0.5) is 5.13 Å². The fourth-order valence-corrected chi connectivity index (χ4v) is 2.92. The number of hydrogen-bond donors (Lipinski definition) is 1. The van der Waals surface area contributed by atoms with Gasteiger partial charge in [0, 0.05) is 16.5 Å². The third kappa shape index (κ3) is 2.78. The van der Waals surface area contributed by atoms with Crippen molar-refractivity contribution < 1.29 is 4.79 Å². The highest BCUT2D eigenvalue weighted by atomic mass is 32.1. The minimum Gasteiger partial charge on any atom is -0.298 e. The number of amides is 1. The lowest BCUT2D eigenvalue weighted by Crippen LogP contribution is -2.13. The van der Waals surface area contributed by atoms with Crippen LogP contribution >= 0.6 is 11.3 Å². The van der Waals surface area contributed by atoms with Gasteiger partial charge in [0.15, 0.2) is 5.13 Å². The number of carbonyl (C=O) groups is 1. The number of nitrogens with one attached hydrogen (secondary N) is 1. The van der Waals surface area contributed by atoms with Gasteiger partial charge in [0.25, 0.3) is 5.91 Å². The summed E-state index contributed by atoms with van der Waals surface area (Å²) in [5, 5.41) is 6.26. The van der Waals surface area contributed by atoms with Crippen molar-refractivity contribution >= 4 is 33.3 Å². The van der Waals surface area contributed by atoms with Crippen LogP contribution < -0.4 is 5.32 Å². The smallest absolute Gasteiger partial charge is 0.258 e. The van der Waals surface area contributed by atoms with Gasteiger partial charge in [0.05, 0.1) is 16.8 Å². The van der Waals surface area contributed by atoms with Gasteiger partial charge in [-0.2, -0.15) is 0 Å². The molecule has 5 heteroatoms. The number of benzene rings is 1. The Bertz CT molecular complexity index is 839. The van der Waals surface area contributed by atoms with E-state index in [0.717, 1.165) is 27.9 Å². The number of hydrogen-bond acceptors (Lipinski definition) is 4. The number of thiazole rings is 1. The summed E-state index contributed by atoms with van der Waals surface area (Å²) in [5.74, 6) is -0.148. The van der Waals surface area contributed by atoms with Gasteiger partial charge in [-0.15, -0.1) is 11.3 Å². The molecular formula is C16H15N3OS. The van der Waals surface area contributed by atoms with Crippen molar-refractivity contribution in [1.82, 2.24) is 9.97 Å². The first-order valence-corrected chi connectivity index (χ1v) is 7.52. The van der Waals surface area contributed by atoms with E-state index in [0.29, 0.717) is 10.7 Å². The Morgan fingerprint density at radius 1 is 1.10 bits per heavy atom. The molecule has 2 aromatic heterocycles. The zero-order chi connectivity index (χ0) is 15.0. The van der Waals surface area contributed by atoms with Crippen LogP contribution in [0.3, 0.4) is 0 Å². The molecular weight excluding hydrogens is 282 g/mol. The normalized spacial score (nSPS) is 10.8. The fraction of sp³-hybridized carbons (Fsp3) is 0.188. The first kappa shape index (κ1) is 13.7. The number of pyridine rings is 1. The van der Waals surface area contributed by atoms with E-state index >= 15 is 0 Å². The minimum atomic E-state index is -0.148. The maximum absolute atomic E-state index is 12.5. The molecule has 1 aromatic carbocycles. The summed E-state index contributed by atoms with van der Waals surface area (Å²) in [6.07, 6.45) is 0. The summed E-state index contributed by atoms with van der Waals surface area (Å²) in [6.45, 7) is 5.80. The Balaban J connectivity index is 2.06. The molecule has 0 unspecified atom stereocenters. The van der Waals surface area contributed by atoms with E-state index in [1.165, 1.54) is 11.3 Å². The van der Waals surface area contributed by atoms with Crippen molar-refractivity contribution in [2.75, 3.05) is 5.32 Å². The summed E-state index contributed by atoms with van der Waals surface area (Å²) >= 11 is 1.43. The van der Waals surface area contributed by atoms with Crippen LogP contribution in [0, 0.1) is 20.8 Å². The van der Waals surface area contributed by atoms with Crippen molar-refractivity contribution in [2.24, 2.45) is 0 Å². The lowest BCUT2D eigenvalue weighted by Gasteiger charge is -2.08. The van der Waals surface area contributed by atoms with Gasteiger partial charge < -0.3 is 0 Å². The first-order chi connectivity index (χ1) is 10.0. The molecule has 2 heterocycles. The van der Waals surface area contributed by atoms with Crippen molar-refractivity contribution in [3.05, 3.63) is 52.2 Å². The molecule has 0 radical (unpaired) electrons. The Kier molecular flexibility index (Phi) is 3.43. The molecule has 21 heavy (non-hydrogen) atoms. The number of fused-ring (bicyclic) bond motifs is 1. The van der Waals surface area contributed by atoms with Gasteiger partial charge in [0.1, 0.15) is 0 Å². The first-order valence-electron chi connectivity index (χ1n) is 6.64. The number of carbonyl (C=O) groups excluding carboxylic acids is 1. The molecule has 0 saturated heterocycles. The highest BCUT2D eigenvalue weighted by molar-refractivity contribution is 7.13. The van der Waals surface area contributed by atoms with E-state index in [-0.39, 0.29) is 5.91 Å². The van der Waals surface area contributed by atoms with Gasteiger partial charge in [0.2, 0.25) is 0 Å². The molecule has 1 N–H and O–H groups in total. The fourth-order valence-electron chi connectivity index (χ4n) is 2.24. The predicted molar refractivity (Wildman–Crippen MR) is 86.0 cm³/mol. The van der Waals surface area contributed by atoms with Gasteiger partial charge in [-0.3, -0.25) is 15.1 Å². The molecule has 0 aliphatic carbocycles.